The topological polar surface area (TPSA) is 77.2 Å². The van der Waals surface area contributed by atoms with Crippen LogP contribution in [0.15, 0.2) is 30.3 Å². The molecule has 0 fully saturated rings. The number of nitrogens with zero attached hydrogens (tertiary/aromatic N) is 1. The first-order chi connectivity index (χ1) is 10.0. The maximum Gasteiger partial charge on any atom is 0.252 e. The molecule has 0 aliphatic rings. The summed E-state index contributed by atoms with van der Waals surface area (Å²) in [6, 6.07) is 7.50. The molecule has 2 rings (SSSR count). The van der Waals surface area contributed by atoms with Crippen LogP contribution in [0.1, 0.15) is 21.6 Å². The van der Waals surface area contributed by atoms with Crippen molar-refractivity contribution < 1.29 is 13.9 Å². The van der Waals surface area contributed by atoms with E-state index in [1.807, 2.05) is 0 Å². The van der Waals surface area contributed by atoms with Crippen LogP contribution in [0, 0.1) is 12.7 Å². The minimum absolute atomic E-state index is 0.250. The molecule has 21 heavy (non-hydrogen) atoms. The number of carbonyl (C=O) groups is 1. The number of hydrogen-bond acceptors (Lipinski definition) is 4. The average molecular weight is 289 g/mol. The van der Waals surface area contributed by atoms with Crippen molar-refractivity contribution in [2.45, 2.75) is 13.5 Å². The first kappa shape index (κ1) is 14.9. The Morgan fingerprint density at radius 1 is 1.38 bits per heavy atom. The number of pyridine rings is 1. The predicted molar refractivity (Wildman–Crippen MR) is 77.9 cm³/mol. The van der Waals surface area contributed by atoms with Crippen molar-refractivity contribution in [3.05, 3.63) is 53.0 Å². The first-order valence-electron chi connectivity index (χ1n) is 6.33. The van der Waals surface area contributed by atoms with E-state index in [-0.39, 0.29) is 18.0 Å². The number of rotatable bonds is 5. The number of amides is 1. The van der Waals surface area contributed by atoms with Crippen molar-refractivity contribution >= 4 is 17.4 Å². The van der Waals surface area contributed by atoms with Crippen molar-refractivity contribution in [2.75, 3.05) is 12.4 Å². The number of nitrogens with one attached hydrogen (secondary N) is 1. The third kappa shape index (κ3) is 3.55. The molecule has 0 bridgehead atoms. The molecule has 0 radical (unpaired) electrons. The Kier molecular flexibility index (Phi) is 4.49. The maximum absolute atomic E-state index is 12.9. The smallest absolute Gasteiger partial charge is 0.252 e. The van der Waals surface area contributed by atoms with Gasteiger partial charge in [0.05, 0.1) is 12.2 Å². The van der Waals surface area contributed by atoms with E-state index < -0.39 is 5.91 Å². The van der Waals surface area contributed by atoms with Crippen LogP contribution in [-0.2, 0) is 11.3 Å². The molecule has 2 aromatic rings. The van der Waals surface area contributed by atoms with Gasteiger partial charge in [0, 0.05) is 18.5 Å². The van der Waals surface area contributed by atoms with E-state index in [0.29, 0.717) is 17.1 Å². The molecule has 1 heterocycles. The van der Waals surface area contributed by atoms with Crippen LogP contribution in [0.25, 0.3) is 0 Å². The monoisotopic (exact) mass is 289 g/mol. The molecule has 0 saturated carbocycles. The summed E-state index contributed by atoms with van der Waals surface area (Å²) in [5, 5.41) is 2.99. The highest BCUT2D eigenvalue weighted by Gasteiger charge is 2.16. The van der Waals surface area contributed by atoms with E-state index in [2.05, 4.69) is 10.3 Å². The van der Waals surface area contributed by atoms with Crippen molar-refractivity contribution in [1.29, 1.82) is 0 Å². The summed E-state index contributed by atoms with van der Waals surface area (Å²) in [4.78, 5) is 16.0. The Morgan fingerprint density at radius 3 is 2.62 bits per heavy atom. The normalized spacial score (nSPS) is 10.4. The highest BCUT2D eigenvalue weighted by atomic mass is 19.1. The van der Waals surface area contributed by atoms with Crippen LogP contribution in [0.5, 0.6) is 0 Å². The maximum atomic E-state index is 12.9. The average Bonchev–Trinajstić information content (AvgIpc) is 2.41. The number of anilines is 2. The largest absolute Gasteiger partial charge is 0.380 e. The summed E-state index contributed by atoms with van der Waals surface area (Å²) >= 11 is 0. The molecule has 0 spiro atoms. The van der Waals surface area contributed by atoms with Crippen LogP contribution in [-0.4, -0.2) is 18.0 Å². The fourth-order valence-electron chi connectivity index (χ4n) is 2.05. The van der Waals surface area contributed by atoms with Crippen LogP contribution in [0.3, 0.4) is 0 Å². The lowest BCUT2D eigenvalue weighted by Crippen LogP contribution is -2.18. The number of carbonyl (C=O) groups excluding carboxylic acids is 1. The van der Waals surface area contributed by atoms with Gasteiger partial charge in [0.15, 0.2) is 0 Å². The lowest BCUT2D eigenvalue weighted by molar-refractivity contribution is 0.0996. The zero-order chi connectivity index (χ0) is 15.4. The Labute approximate surface area is 121 Å². The number of benzene rings is 1. The summed E-state index contributed by atoms with van der Waals surface area (Å²) in [5.41, 5.74) is 7.69. The number of halogens is 1. The van der Waals surface area contributed by atoms with E-state index in [0.717, 1.165) is 5.69 Å². The van der Waals surface area contributed by atoms with E-state index in [4.69, 9.17) is 10.5 Å². The fourth-order valence-corrected chi connectivity index (χ4v) is 2.05. The molecule has 0 aliphatic carbocycles. The van der Waals surface area contributed by atoms with Gasteiger partial charge in [0.1, 0.15) is 11.6 Å². The molecule has 0 atom stereocenters. The summed E-state index contributed by atoms with van der Waals surface area (Å²) in [6.45, 7) is 2.06. The Balaban J connectivity index is 2.45. The van der Waals surface area contributed by atoms with Crippen molar-refractivity contribution in [2.24, 2.45) is 5.73 Å². The minimum atomic E-state index is -0.598. The quantitative estimate of drug-likeness (QED) is 0.886. The zero-order valence-electron chi connectivity index (χ0n) is 11.8. The minimum Gasteiger partial charge on any atom is -0.380 e. The van der Waals surface area contributed by atoms with E-state index in [9.17, 15) is 9.18 Å². The van der Waals surface area contributed by atoms with E-state index in [1.54, 1.807) is 25.1 Å². The predicted octanol–water partition coefficient (Wildman–Crippen LogP) is 2.52. The Hall–Kier alpha value is -2.47. The first-order valence-corrected chi connectivity index (χ1v) is 6.33. The summed E-state index contributed by atoms with van der Waals surface area (Å²) < 4.78 is 18.0. The van der Waals surface area contributed by atoms with Crippen LogP contribution >= 0.6 is 0 Å². The van der Waals surface area contributed by atoms with Gasteiger partial charge >= 0.3 is 0 Å². The van der Waals surface area contributed by atoms with Crippen molar-refractivity contribution in [3.8, 4) is 0 Å². The number of nitrogens with two attached hydrogens (primary N) is 1. The van der Waals surface area contributed by atoms with Crippen molar-refractivity contribution in [3.63, 3.8) is 0 Å². The highest BCUT2D eigenvalue weighted by molar-refractivity contribution is 5.99. The molecule has 6 heteroatoms. The standard InChI is InChI=1S/C15H16FN3O2/c1-9-7-10(8-21-2)13(14(17)20)15(18-9)19-12-5-3-11(16)4-6-12/h3-7H,8H2,1-2H3,(H2,17,20)(H,18,19). The lowest BCUT2D eigenvalue weighted by Gasteiger charge is -2.14. The molecule has 0 saturated heterocycles. The van der Waals surface area contributed by atoms with E-state index in [1.165, 1.54) is 19.2 Å². The second-order valence-corrected chi connectivity index (χ2v) is 4.58. The van der Waals surface area contributed by atoms with Crippen LogP contribution in [0.2, 0.25) is 0 Å². The Bertz CT molecular complexity index is 657. The molecule has 5 nitrogen and oxygen atoms in total. The van der Waals surface area contributed by atoms with Gasteiger partial charge in [-0.2, -0.15) is 0 Å². The molecule has 0 unspecified atom stereocenters. The van der Waals surface area contributed by atoms with Gasteiger partial charge in [-0.05, 0) is 42.8 Å². The third-order valence-corrected chi connectivity index (χ3v) is 2.88. The number of hydrogen-bond donors (Lipinski definition) is 2. The number of ether oxygens (including phenoxy) is 1. The molecular weight excluding hydrogens is 273 g/mol. The molecule has 3 N–H and O–H groups in total. The summed E-state index contributed by atoms with van der Waals surface area (Å²) in [7, 11) is 1.54. The Morgan fingerprint density at radius 2 is 2.05 bits per heavy atom. The van der Waals surface area contributed by atoms with Crippen LogP contribution in [0.4, 0.5) is 15.9 Å². The molecule has 110 valence electrons. The second kappa shape index (κ2) is 6.32. The number of primary amides is 1. The van der Waals surface area contributed by atoms with Gasteiger partial charge in [-0.3, -0.25) is 4.79 Å². The van der Waals surface area contributed by atoms with Gasteiger partial charge in [-0.1, -0.05) is 0 Å². The number of aryl methyl sites for hydroxylation is 1. The number of methoxy groups -OCH3 is 1. The van der Waals surface area contributed by atoms with Crippen molar-refractivity contribution in [1.82, 2.24) is 4.98 Å². The van der Waals surface area contributed by atoms with Gasteiger partial charge < -0.3 is 15.8 Å². The molecular formula is C15H16FN3O2. The SMILES string of the molecule is COCc1cc(C)nc(Nc2ccc(F)cc2)c1C(N)=O. The molecule has 1 amide bonds. The van der Waals surface area contributed by atoms with Gasteiger partial charge in [-0.25, -0.2) is 9.37 Å². The molecule has 1 aromatic carbocycles. The second-order valence-electron chi connectivity index (χ2n) is 4.58. The summed E-state index contributed by atoms with van der Waals surface area (Å²) in [5.74, 6) is -0.603. The molecule has 0 aliphatic heterocycles. The highest BCUT2D eigenvalue weighted by Crippen LogP contribution is 2.23. The summed E-state index contributed by atoms with van der Waals surface area (Å²) in [6.07, 6.45) is 0. The van der Waals surface area contributed by atoms with Crippen LogP contribution < -0.4 is 11.1 Å². The lowest BCUT2D eigenvalue weighted by atomic mass is 10.1. The third-order valence-electron chi connectivity index (χ3n) is 2.88. The van der Waals surface area contributed by atoms with Gasteiger partial charge in [0.2, 0.25) is 0 Å². The zero-order valence-corrected chi connectivity index (χ0v) is 11.8. The number of aromatic nitrogens is 1. The van der Waals surface area contributed by atoms with Gasteiger partial charge in [-0.15, -0.1) is 0 Å². The van der Waals surface area contributed by atoms with E-state index >= 15 is 0 Å². The van der Waals surface area contributed by atoms with Gasteiger partial charge in [0.25, 0.3) is 5.91 Å². The fraction of sp³-hybridized carbons (Fsp3) is 0.200. The molecule has 1 aromatic heterocycles.